The molecule has 0 aliphatic carbocycles. The normalized spacial score (nSPS) is 11.0. The van der Waals surface area contributed by atoms with E-state index in [0.29, 0.717) is 0 Å². The second-order valence-electron chi connectivity index (χ2n) is 4.86. The van der Waals surface area contributed by atoms with Gasteiger partial charge in [0.2, 0.25) is 0 Å². The Morgan fingerprint density at radius 2 is 1.40 bits per heavy atom. The van der Waals surface area contributed by atoms with Crippen molar-refractivity contribution in [2.24, 2.45) is 0 Å². The predicted molar refractivity (Wildman–Crippen MR) is 82.5 cm³/mol. The molecule has 4 aromatic rings. The molecule has 4 rings (SSSR count). The van der Waals surface area contributed by atoms with Gasteiger partial charge < -0.3 is 0 Å². The summed E-state index contributed by atoms with van der Waals surface area (Å²) in [6.07, 6.45) is 3.44. The SMILES string of the molecule is c1ccc2cc(-c3ccc4ncncc4c3)ccc2c1. The minimum absolute atomic E-state index is 0.976. The van der Waals surface area contributed by atoms with Crippen LogP contribution in [0.15, 0.2) is 73.2 Å². The van der Waals surface area contributed by atoms with Gasteiger partial charge in [0.1, 0.15) is 6.33 Å². The molecule has 0 amide bonds. The first-order chi connectivity index (χ1) is 9.90. The Bertz CT molecular complexity index is 836. The summed E-state index contributed by atoms with van der Waals surface area (Å²) in [5.41, 5.74) is 3.39. The fraction of sp³-hybridized carbons (Fsp3) is 0. The van der Waals surface area contributed by atoms with Crippen molar-refractivity contribution >= 4 is 21.7 Å². The first-order valence-electron chi connectivity index (χ1n) is 6.59. The predicted octanol–water partition coefficient (Wildman–Crippen LogP) is 4.45. The molecule has 0 spiro atoms. The number of benzene rings is 3. The molecule has 0 saturated heterocycles. The Labute approximate surface area is 116 Å². The minimum Gasteiger partial charge on any atom is -0.244 e. The summed E-state index contributed by atoms with van der Waals surface area (Å²) in [6, 6.07) is 21.2. The number of rotatable bonds is 1. The quantitative estimate of drug-likeness (QED) is 0.503. The molecule has 1 heterocycles. The third-order valence-corrected chi connectivity index (χ3v) is 3.59. The minimum atomic E-state index is 0.976. The first kappa shape index (κ1) is 11.1. The van der Waals surface area contributed by atoms with Gasteiger partial charge in [-0.2, -0.15) is 0 Å². The molecule has 0 radical (unpaired) electrons. The van der Waals surface area contributed by atoms with Crippen LogP contribution in [0.2, 0.25) is 0 Å². The van der Waals surface area contributed by atoms with Crippen molar-refractivity contribution in [3.05, 3.63) is 73.2 Å². The van der Waals surface area contributed by atoms with Crippen LogP contribution >= 0.6 is 0 Å². The fourth-order valence-electron chi connectivity index (χ4n) is 2.53. The van der Waals surface area contributed by atoms with Gasteiger partial charge in [-0.05, 0) is 40.1 Å². The highest BCUT2D eigenvalue weighted by Gasteiger charge is 2.01. The van der Waals surface area contributed by atoms with E-state index in [1.807, 2.05) is 12.3 Å². The summed E-state index contributed by atoms with van der Waals surface area (Å²) in [7, 11) is 0. The molecule has 0 N–H and O–H groups in total. The number of nitrogens with zero attached hydrogens (tertiary/aromatic N) is 2. The second kappa shape index (κ2) is 4.42. The monoisotopic (exact) mass is 256 g/mol. The molecule has 2 nitrogen and oxygen atoms in total. The molecule has 94 valence electrons. The van der Waals surface area contributed by atoms with Gasteiger partial charge in [0.15, 0.2) is 0 Å². The van der Waals surface area contributed by atoms with Gasteiger partial charge in [-0.15, -0.1) is 0 Å². The van der Waals surface area contributed by atoms with Crippen molar-refractivity contribution in [2.45, 2.75) is 0 Å². The lowest BCUT2D eigenvalue weighted by atomic mass is 10.0. The van der Waals surface area contributed by atoms with Gasteiger partial charge in [-0.3, -0.25) is 0 Å². The molecule has 0 bridgehead atoms. The highest BCUT2D eigenvalue weighted by atomic mass is 14.8. The molecule has 20 heavy (non-hydrogen) atoms. The average Bonchev–Trinajstić information content (AvgIpc) is 2.54. The Morgan fingerprint density at radius 3 is 2.30 bits per heavy atom. The van der Waals surface area contributed by atoms with Crippen LogP contribution in [0.4, 0.5) is 0 Å². The maximum Gasteiger partial charge on any atom is 0.116 e. The van der Waals surface area contributed by atoms with Crippen LogP contribution in [-0.4, -0.2) is 9.97 Å². The van der Waals surface area contributed by atoms with Gasteiger partial charge in [0, 0.05) is 11.6 Å². The van der Waals surface area contributed by atoms with Crippen LogP contribution in [-0.2, 0) is 0 Å². The van der Waals surface area contributed by atoms with Gasteiger partial charge in [-0.25, -0.2) is 9.97 Å². The summed E-state index contributed by atoms with van der Waals surface area (Å²) in [5.74, 6) is 0. The summed E-state index contributed by atoms with van der Waals surface area (Å²) in [4.78, 5) is 8.34. The molecule has 0 saturated carbocycles. The molecular formula is C18H12N2. The largest absolute Gasteiger partial charge is 0.244 e. The topological polar surface area (TPSA) is 25.8 Å². The molecule has 0 fully saturated rings. The summed E-state index contributed by atoms with van der Waals surface area (Å²) < 4.78 is 0. The zero-order valence-electron chi connectivity index (χ0n) is 10.8. The van der Waals surface area contributed by atoms with Crippen LogP contribution in [0, 0.1) is 0 Å². The van der Waals surface area contributed by atoms with E-state index in [1.165, 1.54) is 21.9 Å². The van der Waals surface area contributed by atoms with Gasteiger partial charge >= 0.3 is 0 Å². The van der Waals surface area contributed by atoms with E-state index in [1.54, 1.807) is 6.33 Å². The van der Waals surface area contributed by atoms with Crippen LogP contribution in [0.25, 0.3) is 32.8 Å². The Kier molecular flexibility index (Phi) is 2.46. The third kappa shape index (κ3) is 1.82. The lowest BCUT2D eigenvalue weighted by Crippen LogP contribution is -1.83. The third-order valence-electron chi connectivity index (χ3n) is 3.59. The summed E-state index contributed by atoms with van der Waals surface area (Å²) in [5, 5.41) is 3.59. The summed E-state index contributed by atoms with van der Waals surface area (Å²) >= 11 is 0. The Hall–Kier alpha value is -2.74. The smallest absolute Gasteiger partial charge is 0.116 e. The molecule has 0 atom stereocenters. The highest BCUT2D eigenvalue weighted by Crippen LogP contribution is 2.26. The highest BCUT2D eigenvalue weighted by molar-refractivity contribution is 5.89. The van der Waals surface area contributed by atoms with Crippen molar-refractivity contribution in [1.29, 1.82) is 0 Å². The molecule has 2 heteroatoms. The van der Waals surface area contributed by atoms with E-state index in [2.05, 4.69) is 64.6 Å². The van der Waals surface area contributed by atoms with Gasteiger partial charge in [0.25, 0.3) is 0 Å². The maximum atomic E-state index is 4.25. The fourth-order valence-corrected chi connectivity index (χ4v) is 2.53. The maximum absolute atomic E-state index is 4.25. The summed E-state index contributed by atoms with van der Waals surface area (Å²) in [6.45, 7) is 0. The van der Waals surface area contributed by atoms with Gasteiger partial charge in [-0.1, -0.05) is 42.5 Å². The van der Waals surface area contributed by atoms with Crippen molar-refractivity contribution < 1.29 is 0 Å². The Balaban J connectivity index is 1.91. The lowest BCUT2D eigenvalue weighted by Gasteiger charge is -2.05. The zero-order chi connectivity index (χ0) is 13.4. The van der Waals surface area contributed by atoms with Crippen molar-refractivity contribution in [2.75, 3.05) is 0 Å². The molecule has 1 aromatic heterocycles. The Morgan fingerprint density at radius 1 is 0.650 bits per heavy atom. The van der Waals surface area contributed by atoms with Crippen molar-refractivity contribution in [3.63, 3.8) is 0 Å². The van der Waals surface area contributed by atoms with Crippen LogP contribution in [0.1, 0.15) is 0 Å². The second-order valence-corrected chi connectivity index (χ2v) is 4.86. The van der Waals surface area contributed by atoms with E-state index in [9.17, 15) is 0 Å². The number of fused-ring (bicyclic) bond motifs is 2. The average molecular weight is 256 g/mol. The first-order valence-corrected chi connectivity index (χ1v) is 6.59. The lowest BCUT2D eigenvalue weighted by molar-refractivity contribution is 1.22. The standard InChI is InChI=1S/C18H12N2/c1-2-4-14-9-15(6-5-13(14)3-1)16-7-8-18-17(10-16)11-19-12-20-18/h1-12H. The molecule has 0 unspecified atom stereocenters. The van der Waals surface area contributed by atoms with Crippen LogP contribution in [0.3, 0.4) is 0 Å². The number of hydrogen-bond donors (Lipinski definition) is 0. The molecule has 0 aliphatic heterocycles. The van der Waals surface area contributed by atoms with E-state index in [-0.39, 0.29) is 0 Å². The zero-order valence-corrected chi connectivity index (χ0v) is 10.8. The number of aromatic nitrogens is 2. The van der Waals surface area contributed by atoms with Crippen molar-refractivity contribution in [3.8, 4) is 11.1 Å². The molecular weight excluding hydrogens is 244 g/mol. The van der Waals surface area contributed by atoms with Crippen LogP contribution < -0.4 is 0 Å². The number of hydrogen-bond acceptors (Lipinski definition) is 2. The van der Waals surface area contributed by atoms with Crippen molar-refractivity contribution in [1.82, 2.24) is 9.97 Å². The molecule has 3 aromatic carbocycles. The van der Waals surface area contributed by atoms with Gasteiger partial charge in [0.05, 0.1) is 5.52 Å². The van der Waals surface area contributed by atoms with Crippen LogP contribution in [0.5, 0.6) is 0 Å². The van der Waals surface area contributed by atoms with E-state index in [0.717, 1.165) is 10.9 Å². The van der Waals surface area contributed by atoms with E-state index >= 15 is 0 Å². The van der Waals surface area contributed by atoms with E-state index < -0.39 is 0 Å². The van der Waals surface area contributed by atoms with E-state index in [4.69, 9.17) is 0 Å². The molecule has 0 aliphatic rings.